The number of rotatable bonds is 7. The van der Waals surface area contributed by atoms with Gasteiger partial charge in [-0.3, -0.25) is 10.2 Å². The van der Waals surface area contributed by atoms with E-state index >= 15 is 0 Å². The van der Waals surface area contributed by atoms with E-state index in [1.165, 1.54) is 29.8 Å². The number of carboxylic acid groups (broad SMARTS) is 1. The molecular formula is C25H27N5O4S. The first kappa shape index (κ1) is 24.3. The van der Waals surface area contributed by atoms with Crippen molar-refractivity contribution < 1.29 is 19.8 Å². The first-order valence-electron chi connectivity index (χ1n) is 11.1. The first-order valence-corrected chi connectivity index (χ1v) is 12.0. The van der Waals surface area contributed by atoms with Gasteiger partial charge in [0.2, 0.25) is 0 Å². The number of hydrazone groups is 1. The summed E-state index contributed by atoms with van der Waals surface area (Å²) < 4.78 is 0. The number of likely N-dealkylation sites (N-methyl/N-ethyl adjacent to an activating group) is 1. The third kappa shape index (κ3) is 4.88. The van der Waals surface area contributed by atoms with Crippen molar-refractivity contribution in [1.82, 2.24) is 4.90 Å². The summed E-state index contributed by atoms with van der Waals surface area (Å²) in [5.74, 6) is -1.67. The van der Waals surface area contributed by atoms with Crippen LogP contribution in [-0.4, -0.2) is 45.5 Å². The van der Waals surface area contributed by atoms with Gasteiger partial charge in [0, 0.05) is 23.2 Å². The predicted molar refractivity (Wildman–Crippen MR) is 138 cm³/mol. The summed E-state index contributed by atoms with van der Waals surface area (Å²) in [7, 11) is 1.66. The lowest BCUT2D eigenvalue weighted by molar-refractivity contribution is -0.134. The summed E-state index contributed by atoms with van der Waals surface area (Å²) in [6, 6.07) is 10.8. The minimum atomic E-state index is -1.03. The molecule has 0 aromatic heterocycles. The Hall–Kier alpha value is -3.79. The number of carbonyl (C=O) groups is 2. The number of aryl methyl sites for hydroxylation is 2. The van der Waals surface area contributed by atoms with Crippen LogP contribution in [0.15, 0.2) is 52.1 Å². The number of carboxylic acids is 1. The standard InChI is InChI=1S/C25H27N5O4S/c1-13(26)20(23(32)27-17-11-10-15-6-4-7-16(15)12-17)29-28-19-9-5-8-18(22(19)31)24-30(3)21(25(33)34)14(2)35-24/h5,8-12,24,26,28,31H,4,6-7H2,1-3H3,(H,27,32)(H,33,34)/b26-13?,29-20-. The molecule has 9 nitrogen and oxygen atoms in total. The van der Waals surface area contributed by atoms with Crippen LogP contribution in [0.25, 0.3) is 0 Å². The monoisotopic (exact) mass is 493 g/mol. The Morgan fingerprint density at radius 3 is 2.63 bits per heavy atom. The summed E-state index contributed by atoms with van der Waals surface area (Å²) in [4.78, 5) is 26.7. The number of phenolic OH excluding ortho intramolecular Hbond substituents is 1. The molecule has 2 aromatic rings. The third-order valence-electron chi connectivity index (χ3n) is 6.08. The van der Waals surface area contributed by atoms with Crippen LogP contribution < -0.4 is 10.7 Å². The zero-order valence-electron chi connectivity index (χ0n) is 19.7. The number of phenols is 1. The SMILES string of the molecule is CC(=N)/C(=N/Nc1cccc(C2SC(C)=C(C(=O)O)N2C)c1O)C(=O)Nc1ccc2c(c1)CCC2. The second kappa shape index (κ2) is 9.83. The van der Waals surface area contributed by atoms with Gasteiger partial charge in [-0.2, -0.15) is 5.10 Å². The number of aliphatic carboxylic acids is 1. The number of aromatic hydroxyl groups is 1. The van der Waals surface area contributed by atoms with E-state index in [2.05, 4.69) is 15.8 Å². The van der Waals surface area contributed by atoms with Crippen LogP contribution >= 0.6 is 11.8 Å². The molecule has 1 amide bonds. The molecular weight excluding hydrogens is 466 g/mol. The van der Waals surface area contributed by atoms with Gasteiger partial charge in [-0.1, -0.05) is 30.0 Å². The van der Waals surface area contributed by atoms with Crippen molar-refractivity contribution >= 4 is 46.4 Å². The second-order valence-corrected chi connectivity index (χ2v) is 9.82. The Kier molecular flexibility index (Phi) is 6.83. The second-order valence-electron chi connectivity index (χ2n) is 8.52. The van der Waals surface area contributed by atoms with Gasteiger partial charge in [0.05, 0.1) is 11.4 Å². The Morgan fingerprint density at radius 1 is 1.20 bits per heavy atom. The molecule has 0 bridgehead atoms. The molecule has 1 aliphatic carbocycles. The summed E-state index contributed by atoms with van der Waals surface area (Å²) in [6.45, 7) is 3.19. The molecule has 2 aromatic carbocycles. The Labute approximate surface area is 207 Å². The van der Waals surface area contributed by atoms with E-state index in [1.54, 1.807) is 37.1 Å². The van der Waals surface area contributed by atoms with Gasteiger partial charge in [-0.25, -0.2) is 4.79 Å². The van der Waals surface area contributed by atoms with E-state index < -0.39 is 17.3 Å². The molecule has 0 fully saturated rings. The highest BCUT2D eigenvalue weighted by Gasteiger charge is 2.34. The number of allylic oxidation sites excluding steroid dienone is 1. The van der Waals surface area contributed by atoms with E-state index in [1.807, 2.05) is 18.2 Å². The van der Waals surface area contributed by atoms with Crippen LogP contribution in [0, 0.1) is 5.41 Å². The lowest BCUT2D eigenvalue weighted by atomic mass is 10.1. The van der Waals surface area contributed by atoms with E-state index in [9.17, 15) is 19.8 Å². The van der Waals surface area contributed by atoms with Crippen molar-refractivity contribution in [3.8, 4) is 5.75 Å². The highest BCUT2D eigenvalue weighted by molar-refractivity contribution is 8.03. The Bertz CT molecular complexity index is 1290. The molecule has 35 heavy (non-hydrogen) atoms. The van der Waals surface area contributed by atoms with E-state index in [0.29, 0.717) is 16.2 Å². The minimum Gasteiger partial charge on any atom is -0.505 e. The normalized spacial score (nSPS) is 17.4. The number of nitrogens with zero attached hydrogens (tertiary/aromatic N) is 2. The number of carbonyl (C=O) groups excluding carboxylic acids is 1. The number of nitrogens with one attached hydrogen (secondary N) is 3. The average Bonchev–Trinajstić information content (AvgIpc) is 3.37. The number of anilines is 2. The van der Waals surface area contributed by atoms with E-state index in [4.69, 9.17) is 5.41 Å². The molecule has 4 rings (SSSR count). The molecule has 0 saturated carbocycles. The molecule has 1 atom stereocenters. The Balaban J connectivity index is 1.53. The topological polar surface area (TPSA) is 138 Å². The van der Waals surface area contributed by atoms with E-state index in [0.717, 1.165) is 19.3 Å². The summed E-state index contributed by atoms with van der Waals surface area (Å²) in [5, 5.41) is 34.9. The van der Waals surface area contributed by atoms with Gasteiger partial charge in [0.15, 0.2) is 5.71 Å². The largest absolute Gasteiger partial charge is 0.505 e. The van der Waals surface area contributed by atoms with Gasteiger partial charge < -0.3 is 25.8 Å². The fourth-order valence-corrected chi connectivity index (χ4v) is 5.61. The number of hydrogen-bond donors (Lipinski definition) is 5. The summed E-state index contributed by atoms with van der Waals surface area (Å²) >= 11 is 1.33. The van der Waals surface area contributed by atoms with Gasteiger partial charge in [0.1, 0.15) is 16.8 Å². The molecule has 0 spiro atoms. The number of hydrogen-bond acceptors (Lipinski definition) is 8. The zero-order valence-corrected chi connectivity index (χ0v) is 20.5. The lowest BCUT2D eigenvalue weighted by Gasteiger charge is -2.24. The van der Waals surface area contributed by atoms with Crippen molar-refractivity contribution in [1.29, 1.82) is 5.41 Å². The van der Waals surface area contributed by atoms with Crippen LogP contribution in [0.4, 0.5) is 11.4 Å². The van der Waals surface area contributed by atoms with Crippen LogP contribution in [0.1, 0.15) is 42.3 Å². The number of benzene rings is 2. The van der Waals surface area contributed by atoms with Gasteiger partial charge in [-0.15, -0.1) is 0 Å². The van der Waals surface area contributed by atoms with Crippen molar-refractivity contribution in [2.45, 2.75) is 38.5 Å². The molecule has 5 N–H and O–H groups in total. The fraction of sp³-hybridized carbons (Fsp3) is 0.280. The Morgan fingerprint density at radius 2 is 1.94 bits per heavy atom. The van der Waals surface area contributed by atoms with Gasteiger partial charge in [0.25, 0.3) is 5.91 Å². The lowest BCUT2D eigenvalue weighted by Crippen LogP contribution is -2.29. The number of thioether (sulfide) groups is 1. The third-order valence-corrected chi connectivity index (χ3v) is 7.42. The summed E-state index contributed by atoms with van der Waals surface area (Å²) in [5.41, 5.74) is 6.63. The quantitative estimate of drug-likeness (QED) is 0.220. The molecule has 1 aliphatic heterocycles. The molecule has 1 unspecified atom stereocenters. The zero-order chi connectivity index (χ0) is 25.3. The minimum absolute atomic E-state index is 0.0381. The average molecular weight is 494 g/mol. The van der Waals surface area contributed by atoms with Crippen molar-refractivity contribution in [3.05, 3.63) is 63.7 Å². The smallest absolute Gasteiger partial charge is 0.353 e. The molecule has 10 heteroatoms. The van der Waals surface area contributed by atoms with E-state index in [-0.39, 0.29) is 28.6 Å². The predicted octanol–water partition coefficient (Wildman–Crippen LogP) is 4.32. The molecule has 182 valence electrons. The maximum absolute atomic E-state index is 12.9. The highest BCUT2D eigenvalue weighted by atomic mass is 32.2. The van der Waals surface area contributed by atoms with Crippen LogP contribution in [0.3, 0.4) is 0 Å². The van der Waals surface area contributed by atoms with Gasteiger partial charge in [-0.05, 0) is 62.4 Å². The first-order chi connectivity index (χ1) is 16.7. The molecule has 0 saturated heterocycles. The van der Waals surface area contributed by atoms with Crippen molar-refractivity contribution in [2.24, 2.45) is 5.10 Å². The number of amides is 1. The fourth-order valence-electron chi connectivity index (χ4n) is 4.35. The molecule has 1 heterocycles. The van der Waals surface area contributed by atoms with Crippen molar-refractivity contribution in [2.75, 3.05) is 17.8 Å². The van der Waals surface area contributed by atoms with Crippen molar-refractivity contribution in [3.63, 3.8) is 0 Å². The summed E-state index contributed by atoms with van der Waals surface area (Å²) in [6.07, 6.45) is 3.14. The van der Waals surface area contributed by atoms with Crippen LogP contribution in [-0.2, 0) is 22.4 Å². The highest BCUT2D eigenvalue weighted by Crippen LogP contribution is 2.49. The van der Waals surface area contributed by atoms with Gasteiger partial charge >= 0.3 is 5.97 Å². The molecule has 0 radical (unpaired) electrons. The number of para-hydroxylation sites is 1. The number of fused-ring (bicyclic) bond motifs is 1. The van der Waals surface area contributed by atoms with Crippen LogP contribution in [0.5, 0.6) is 5.75 Å². The molecule has 2 aliphatic rings. The maximum atomic E-state index is 12.9. The van der Waals surface area contributed by atoms with Crippen LogP contribution in [0.2, 0.25) is 0 Å². The maximum Gasteiger partial charge on any atom is 0.353 e.